The fourth-order valence-corrected chi connectivity index (χ4v) is 5.43. The number of benzene rings is 1. The number of fused-ring (bicyclic) bond motifs is 1. The summed E-state index contributed by atoms with van der Waals surface area (Å²) < 4.78 is 0. The Morgan fingerprint density at radius 3 is 2.42 bits per heavy atom. The number of nitrogens with zero attached hydrogens (tertiary/aromatic N) is 1. The number of carboxylic acids is 1. The first-order valence-corrected chi connectivity index (χ1v) is 11.6. The van der Waals surface area contributed by atoms with Crippen LogP contribution < -0.4 is 0 Å². The van der Waals surface area contributed by atoms with Gasteiger partial charge in [0, 0.05) is 18.3 Å². The number of aromatic carboxylic acids is 1. The van der Waals surface area contributed by atoms with Crippen LogP contribution >= 0.6 is 0 Å². The fraction of sp³-hybridized carbons (Fsp3) is 0.500. The second-order valence-electron chi connectivity index (χ2n) is 10.9. The highest BCUT2D eigenvalue weighted by atomic mass is 16.4. The smallest absolute Gasteiger partial charge is 0.337 e. The van der Waals surface area contributed by atoms with E-state index in [1.165, 1.54) is 42.2 Å². The zero-order valence-electron chi connectivity index (χ0n) is 19.6. The fourth-order valence-electron chi connectivity index (χ4n) is 5.43. The van der Waals surface area contributed by atoms with Gasteiger partial charge in [-0.2, -0.15) is 0 Å². The van der Waals surface area contributed by atoms with Crippen molar-refractivity contribution in [3.63, 3.8) is 0 Å². The highest BCUT2D eigenvalue weighted by Gasteiger charge is 2.38. The second kappa shape index (κ2) is 7.93. The van der Waals surface area contributed by atoms with Crippen molar-refractivity contribution in [3.05, 3.63) is 75.6 Å². The first kappa shape index (κ1) is 21.8. The van der Waals surface area contributed by atoms with Crippen molar-refractivity contribution in [1.29, 1.82) is 0 Å². The summed E-state index contributed by atoms with van der Waals surface area (Å²) in [5.74, 6) is -0.331. The highest BCUT2D eigenvalue weighted by molar-refractivity contribution is 5.87. The van der Waals surface area contributed by atoms with Gasteiger partial charge in [0.25, 0.3) is 0 Å². The van der Waals surface area contributed by atoms with Crippen molar-refractivity contribution < 1.29 is 9.90 Å². The molecule has 2 aromatic rings. The lowest BCUT2D eigenvalue weighted by molar-refractivity contribution is 0.0696. The van der Waals surface area contributed by atoms with Crippen LogP contribution in [0.4, 0.5) is 0 Å². The van der Waals surface area contributed by atoms with Gasteiger partial charge in [-0.3, -0.25) is 4.98 Å². The van der Waals surface area contributed by atoms with E-state index in [2.05, 4.69) is 57.8 Å². The van der Waals surface area contributed by atoms with Gasteiger partial charge in [-0.15, -0.1) is 0 Å². The summed E-state index contributed by atoms with van der Waals surface area (Å²) in [6.45, 7) is 11.9. The lowest BCUT2D eigenvalue weighted by atomic mass is 9.62. The Hall–Kier alpha value is -2.42. The minimum absolute atomic E-state index is 0.242. The summed E-state index contributed by atoms with van der Waals surface area (Å²) in [6.07, 6.45) is 10.5. The van der Waals surface area contributed by atoms with E-state index in [9.17, 15) is 4.79 Å². The second-order valence-corrected chi connectivity index (χ2v) is 10.9. The third-order valence-corrected chi connectivity index (χ3v) is 7.67. The maximum Gasteiger partial charge on any atom is 0.337 e. The molecule has 2 aliphatic carbocycles. The van der Waals surface area contributed by atoms with Crippen LogP contribution in [0, 0.1) is 6.92 Å². The van der Waals surface area contributed by atoms with E-state index in [0.29, 0.717) is 5.92 Å². The molecule has 31 heavy (non-hydrogen) atoms. The number of carboxylic acid groups (broad SMARTS) is 1. The average molecular weight is 418 g/mol. The summed E-state index contributed by atoms with van der Waals surface area (Å²) in [7, 11) is 0. The van der Waals surface area contributed by atoms with Gasteiger partial charge < -0.3 is 5.11 Å². The van der Waals surface area contributed by atoms with Crippen molar-refractivity contribution in [3.8, 4) is 0 Å². The van der Waals surface area contributed by atoms with Crippen LogP contribution in [0.2, 0.25) is 0 Å². The molecule has 1 fully saturated rings. The third kappa shape index (κ3) is 4.33. The molecule has 0 bridgehead atoms. The van der Waals surface area contributed by atoms with Crippen LogP contribution in [0.15, 0.2) is 42.1 Å². The molecule has 2 aliphatic rings. The van der Waals surface area contributed by atoms with Gasteiger partial charge in [-0.1, -0.05) is 51.5 Å². The molecule has 1 N–H and O–H groups in total. The minimum atomic E-state index is -0.928. The first-order chi connectivity index (χ1) is 14.6. The molecule has 164 valence electrons. The highest BCUT2D eigenvalue weighted by Crippen LogP contribution is 2.48. The number of pyridine rings is 1. The molecule has 3 heteroatoms. The normalized spacial score (nSPS) is 23.0. The largest absolute Gasteiger partial charge is 0.478 e. The van der Waals surface area contributed by atoms with Crippen molar-refractivity contribution in [2.24, 2.45) is 0 Å². The topological polar surface area (TPSA) is 50.2 Å². The molecule has 1 atom stereocenters. The van der Waals surface area contributed by atoms with Crippen LogP contribution in [0.3, 0.4) is 0 Å². The molecule has 1 aromatic carbocycles. The van der Waals surface area contributed by atoms with E-state index in [1.807, 2.05) is 6.07 Å². The van der Waals surface area contributed by atoms with Crippen molar-refractivity contribution in [2.45, 2.75) is 89.9 Å². The molecule has 1 saturated carbocycles. The molecule has 4 rings (SSSR count). The van der Waals surface area contributed by atoms with Crippen LogP contribution in [-0.4, -0.2) is 16.1 Å². The number of aromatic nitrogens is 1. The van der Waals surface area contributed by atoms with Crippen molar-refractivity contribution in [2.75, 3.05) is 0 Å². The molecule has 1 unspecified atom stereocenters. The number of hydrogen-bond donors (Lipinski definition) is 1. The molecule has 0 spiro atoms. The first-order valence-electron chi connectivity index (χ1n) is 11.6. The molecule has 0 aliphatic heterocycles. The lowest BCUT2D eigenvalue weighted by Crippen LogP contribution is -2.34. The zero-order chi connectivity index (χ0) is 22.4. The average Bonchev–Trinajstić information content (AvgIpc) is 3.19. The van der Waals surface area contributed by atoms with Crippen molar-refractivity contribution in [1.82, 2.24) is 4.98 Å². The van der Waals surface area contributed by atoms with Crippen LogP contribution in [0.5, 0.6) is 0 Å². The standard InChI is InChI=1S/C28H35NO2/c1-18-14-24-25(28(4,5)13-12-27(24,2)3)16-23(18)20-8-6-19(15-20)7-10-22-11-9-21(17-29-22)26(30)31/h7,9,11,14,16-17,20H,6,8,10,12-13,15H2,1-5H3,(H,30,31). The predicted octanol–water partition coefficient (Wildman–Crippen LogP) is 6.87. The van der Waals surface area contributed by atoms with E-state index in [0.717, 1.165) is 25.0 Å². The Balaban J connectivity index is 1.53. The number of allylic oxidation sites excluding steroid dienone is 2. The summed E-state index contributed by atoms with van der Waals surface area (Å²) >= 11 is 0. The molecule has 1 heterocycles. The maximum absolute atomic E-state index is 11.0. The van der Waals surface area contributed by atoms with Crippen LogP contribution in [0.1, 0.15) is 104 Å². The number of aryl methyl sites for hydroxylation is 1. The van der Waals surface area contributed by atoms with E-state index in [4.69, 9.17) is 5.11 Å². The molecule has 0 radical (unpaired) electrons. The number of hydrogen-bond acceptors (Lipinski definition) is 2. The van der Waals surface area contributed by atoms with Gasteiger partial charge in [0.15, 0.2) is 0 Å². The molecule has 1 aromatic heterocycles. The van der Waals surface area contributed by atoms with Crippen LogP contribution in [-0.2, 0) is 17.3 Å². The monoisotopic (exact) mass is 417 g/mol. The Bertz CT molecular complexity index is 1030. The Morgan fingerprint density at radius 2 is 1.81 bits per heavy atom. The van der Waals surface area contributed by atoms with Gasteiger partial charge >= 0.3 is 5.97 Å². The van der Waals surface area contributed by atoms with E-state index in [1.54, 1.807) is 17.2 Å². The van der Waals surface area contributed by atoms with E-state index < -0.39 is 5.97 Å². The number of rotatable bonds is 4. The summed E-state index contributed by atoms with van der Waals surface area (Å²) in [4.78, 5) is 15.3. The molecule has 0 amide bonds. The lowest BCUT2D eigenvalue weighted by Gasteiger charge is -2.42. The summed E-state index contributed by atoms with van der Waals surface area (Å²) in [5.41, 5.74) is 9.28. The molecule has 0 saturated heterocycles. The van der Waals surface area contributed by atoms with Gasteiger partial charge in [0.1, 0.15) is 0 Å². The predicted molar refractivity (Wildman–Crippen MR) is 126 cm³/mol. The molecule has 3 nitrogen and oxygen atoms in total. The Kier molecular flexibility index (Phi) is 5.57. The van der Waals surface area contributed by atoms with Gasteiger partial charge in [-0.25, -0.2) is 4.79 Å². The van der Waals surface area contributed by atoms with E-state index in [-0.39, 0.29) is 16.4 Å². The maximum atomic E-state index is 11.0. The Labute approximate surface area is 186 Å². The van der Waals surface area contributed by atoms with Crippen LogP contribution in [0.25, 0.3) is 0 Å². The van der Waals surface area contributed by atoms with Gasteiger partial charge in [-0.05, 0) is 90.2 Å². The third-order valence-electron chi connectivity index (χ3n) is 7.67. The SMILES string of the molecule is Cc1cc2c(cc1C1CCC(=CCc3ccc(C(=O)O)cn3)C1)C(C)(C)CCC2(C)C. The summed E-state index contributed by atoms with van der Waals surface area (Å²) in [6, 6.07) is 8.50. The van der Waals surface area contributed by atoms with Gasteiger partial charge in [0.2, 0.25) is 0 Å². The van der Waals surface area contributed by atoms with Gasteiger partial charge in [0.05, 0.1) is 5.56 Å². The molecular formula is C28H35NO2. The van der Waals surface area contributed by atoms with E-state index >= 15 is 0 Å². The Morgan fingerprint density at radius 1 is 1.13 bits per heavy atom. The van der Waals surface area contributed by atoms with Crippen molar-refractivity contribution >= 4 is 5.97 Å². The zero-order valence-corrected chi connectivity index (χ0v) is 19.6. The molecular weight excluding hydrogens is 382 g/mol. The quantitative estimate of drug-likeness (QED) is 0.552. The number of carbonyl (C=O) groups is 1. The minimum Gasteiger partial charge on any atom is -0.478 e. The summed E-state index contributed by atoms with van der Waals surface area (Å²) in [5, 5.41) is 9.02.